The Morgan fingerprint density at radius 2 is 1.69 bits per heavy atom. The number of carbonyl (C=O) groups is 2. The van der Waals surface area contributed by atoms with E-state index in [1.54, 1.807) is 55.7 Å². The van der Waals surface area contributed by atoms with Gasteiger partial charge in [0.25, 0.3) is 11.8 Å². The molecule has 2 N–H and O–H groups in total. The molecule has 2 aromatic rings. The second-order valence-corrected chi connectivity index (χ2v) is 5.35. The highest BCUT2D eigenvalue weighted by atomic mass is 16.5. The molecule has 0 saturated heterocycles. The van der Waals surface area contributed by atoms with Crippen LogP contribution in [-0.2, 0) is 4.79 Å². The van der Waals surface area contributed by atoms with Crippen molar-refractivity contribution in [3.8, 4) is 11.5 Å². The first-order chi connectivity index (χ1) is 12.6. The molecule has 0 saturated carbocycles. The fraction of sp³-hybridized carbons (Fsp3) is 0.200. The third kappa shape index (κ3) is 4.86. The summed E-state index contributed by atoms with van der Waals surface area (Å²) in [7, 11) is 3.08. The lowest BCUT2D eigenvalue weighted by atomic mass is 10.1. The van der Waals surface area contributed by atoms with Crippen LogP contribution in [0.4, 0.5) is 0 Å². The number of likely N-dealkylation sites (N-methyl/N-ethyl adjacent to an activating group) is 1. The third-order valence-electron chi connectivity index (χ3n) is 3.58. The minimum Gasteiger partial charge on any atom is -0.493 e. The standard InChI is InChI=1S/C20H22N2O4/c1-4-21-20(24)16(22-19(23)15-8-6-5-7-9-15)12-14-10-11-17(25-2)18(13-14)26-3/h5-13H,4H2,1-3H3,(H,21,24)(H,22,23). The number of hydrogen-bond acceptors (Lipinski definition) is 4. The average Bonchev–Trinajstić information content (AvgIpc) is 2.68. The first kappa shape index (κ1) is 19.1. The average molecular weight is 354 g/mol. The van der Waals surface area contributed by atoms with Gasteiger partial charge >= 0.3 is 0 Å². The Labute approximate surface area is 152 Å². The molecule has 0 spiro atoms. The van der Waals surface area contributed by atoms with Gasteiger partial charge in [-0.3, -0.25) is 9.59 Å². The van der Waals surface area contributed by atoms with Gasteiger partial charge in [0.05, 0.1) is 14.2 Å². The van der Waals surface area contributed by atoms with Crippen LogP contribution in [0.5, 0.6) is 11.5 Å². The van der Waals surface area contributed by atoms with E-state index in [0.29, 0.717) is 29.2 Å². The predicted octanol–water partition coefficient (Wildman–Crippen LogP) is 2.61. The van der Waals surface area contributed by atoms with Crippen molar-refractivity contribution in [3.05, 3.63) is 65.4 Å². The van der Waals surface area contributed by atoms with Crippen molar-refractivity contribution in [1.82, 2.24) is 10.6 Å². The Kier molecular flexibility index (Phi) is 6.79. The highest BCUT2D eigenvalue weighted by Gasteiger charge is 2.14. The van der Waals surface area contributed by atoms with Gasteiger partial charge in [0, 0.05) is 12.1 Å². The Balaban J connectivity index is 2.33. The zero-order valence-corrected chi connectivity index (χ0v) is 15.0. The Bertz CT molecular complexity index is 801. The number of carbonyl (C=O) groups excluding carboxylic acids is 2. The molecule has 2 aromatic carbocycles. The van der Waals surface area contributed by atoms with Crippen LogP contribution in [0.25, 0.3) is 6.08 Å². The van der Waals surface area contributed by atoms with Gasteiger partial charge < -0.3 is 20.1 Å². The topological polar surface area (TPSA) is 76.7 Å². The lowest BCUT2D eigenvalue weighted by Crippen LogP contribution is -2.34. The summed E-state index contributed by atoms with van der Waals surface area (Å²) in [6.07, 6.45) is 1.59. The monoisotopic (exact) mass is 354 g/mol. The van der Waals surface area contributed by atoms with Gasteiger partial charge in [-0.05, 0) is 42.8 Å². The van der Waals surface area contributed by atoms with Crippen LogP contribution >= 0.6 is 0 Å². The molecule has 0 heterocycles. The van der Waals surface area contributed by atoms with Crippen molar-refractivity contribution in [1.29, 1.82) is 0 Å². The first-order valence-electron chi connectivity index (χ1n) is 8.17. The molecule has 0 aliphatic carbocycles. The van der Waals surface area contributed by atoms with Gasteiger partial charge in [-0.15, -0.1) is 0 Å². The quantitative estimate of drug-likeness (QED) is 0.750. The summed E-state index contributed by atoms with van der Waals surface area (Å²) in [5.74, 6) is 0.388. The number of methoxy groups -OCH3 is 2. The van der Waals surface area contributed by atoms with Crippen molar-refractivity contribution in [2.75, 3.05) is 20.8 Å². The minimum absolute atomic E-state index is 0.146. The summed E-state index contributed by atoms with van der Waals surface area (Å²) in [5.41, 5.74) is 1.31. The van der Waals surface area contributed by atoms with Gasteiger partial charge in [-0.2, -0.15) is 0 Å². The molecular weight excluding hydrogens is 332 g/mol. The molecule has 136 valence electrons. The molecule has 2 amide bonds. The maximum absolute atomic E-state index is 12.4. The number of nitrogens with one attached hydrogen (secondary N) is 2. The Morgan fingerprint density at radius 1 is 1.00 bits per heavy atom. The summed E-state index contributed by atoms with van der Waals surface area (Å²) in [5, 5.41) is 5.37. The first-order valence-corrected chi connectivity index (χ1v) is 8.17. The number of hydrogen-bond donors (Lipinski definition) is 2. The lowest BCUT2D eigenvalue weighted by Gasteiger charge is -2.11. The van der Waals surface area contributed by atoms with Gasteiger partial charge in [0.15, 0.2) is 11.5 Å². The fourth-order valence-electron chi connectivity index (χ4n) is 2.31. The van der Waals surface area contributed by atoms with Gasteiger partial charge in [0.1, 0.15) is 5.70 Å². The highest BCUT2D eigenvalue weighted by Crippen LogP contribution is 2.28. The molecule has 0 bridgehead atoms. The zero-order chi connectivity index (χ0) is 18.9. The third-order valence-corrected chi connectivity index (χ3v) is 3.58. The van der Waals surface area contributed by atoms with Crippen molar-refractivity contribution in [3.63, 3.8) is 0 Å². The maximum atomic E-state index is 12.4. The van der Waals surface area contributed by atoms with E-state index in [1.165, 1.54) is 7.11 Å². The molecule has 0 aliphatic rings. The van der Waals surface area contributed by atoms with E-state index in [0.717, 1.165) is 0 Å². The SMILES string of the molecule is CCNC(=O)C(=Cc1ccc(OC)c(OC)c1)NC(=O)c1ccccc1. The van der Waals surface area contributed by atoms with Crippen molar-refractivity contribution >= 4 is 17.9 Å². The van der Waals surface area contributed by atoms with Gasteiger partial charge in [-0.25, -0.2) is 0 Å². The summed E-state index contributed by atoms with van der Waals surface area (Å²) in [6.45, 7) is 2.26. The molecule has 0 atom stereocenters. The second kappa shape index (κ2) is 9.27. The minimum atomic E-state index is -0.369. The van der Waals surface area contributed by atoms with E-state index >= 15 is 0 Å². The molecule has 6 nitrogen and oxygen atoms in total. The van der Waals surface area contributed by atoms with E-state index < -0.39 is 0 Å². The Hall–Kier alpha value is -3.28. The van der Waals surface area contributed by atoms with E-state index in [1.807, 2.05) is 13.0 Å². The molecule has 2 rings (SSSR count). The van der Waals surface area contributed by atoms with Crippen LogP contribution in [0.3, 0.4) is 0 Å². The predicted molar refractivity (Wildman–Crippen MR) is 100 cm³/mol. The number of amides is 2. The molecule has 0 unspecified atom stereocenters. The van der Waals surface area contributed by atoms with E-state index in [4.69, 9.17) is 9.47 Å². The normalized spacial score (nSPS) is 10.8. The van der Waals surface area contributed by atoms with Crippen LogP contribution < -0.4 is 20.1 Å². The summed E-state index contributed by atoms with van der Waals surface area (Å²) in [4.78, 5) is 24.7. The Morgan fingerprint density at radius 3 is 2.31 bits per heavy atom. The molecule has 6 heteroatoms. The summed E-state index contributed by atoms with van der Waals surface area (Å²) in [6, 6.07) is 13.9. The second-order valence-electron chi connectivity index (χ2n) is 5.35. The van der Waals surface area contributed by atoms with Crippen molar-refractivity contribution < 1.29 is 19.1 Å². The van der Waals surface area contributed by atoms with E-state index in [-0.39, 0.29) is 17.5 Å². The zero-order valence-electron chi connectivity index (χ0n) is 15.0. The van der Waals surface area contributed by atoms with Crippen LogP contribution in [0.1, 0.15) is 22.8 Å². The lowest BCUT2D eigenvalue weighted by molar-refractivity contribution is -0.117. The molecular formula is C20H22N2O4. The molecule has 0 radical (unpaired) electrons. The number of rotatable bonds is 7. The van der Waals surface area contributed by atoms with Gasteiger partial charge in [0.2, 0.25) is 0 Å². The smallest absolute Gasteiger partial charge is 0.267 e. The molecule has 0 fully saturated rings. The van der Waals surface area contributed by atoms with Crippen LogP contribution in [0.2, 0.25) is 0 Å². The summed E-state index contributed by atoms with van der Waals surface area (Å²) < 4.78 is 10.5. The van der Waals surface area contributed by atoms with Crippen molar-refractivity contribution in [2.24, 2.45) is 0 Å². The highest BCUT2D eigenvalue weighted by molar-refractivity contribution is 6.05. The van der Waals surface area contributed by atoms with E-state index in [2.05, 4.69) is 10.6 Å². The van der Waals surface area contributed by atoms with Crippen LogP contribution in [-0.4, -0.2) is 32.6 Å². The molecule has 0 aliphatic heterocycles. The van der Waals surface area contributed by atoms with Crippen LogP contribution in [0, 0.1) is 0 Å². The largest absolute Gasteiger partial charge is 0.493 e. The molecule has 0 aromatic heterocycles. The van der Waals surface area contributed by atoms with Gasteiger partial charge in [-0.1, -0.05) is 24.3 Å². The maximum Gasteiger partial charge on any atom is 0.267 e. The number of benzene rings is 2. The molecule has 26 heavy (non-hydrogen) atoms. The van der Waals surface area contributed by atoms with Crippen LogP contribution in [0.15, 0.2) is 54.2 Å². The number of ether oxygens (including phenoxy) is 2. The summed E-state index contributed by atoms with van der Waals surface area (Å²) >= 11 is 0. The fourth-order valence-corrected chi connectivity index (χ4v) is 2.31. The van der Waals surface area contributed by atoms with E-state index in [9.17, 15) is 9.59 Å². The van der Waals surface area contributed by atoms with Crippen molar-refractivity contribution in [2.45, 2.75) is 6.92 Å².